The Morgan fingerprint density at radius 3 is 2.33 bits per heavy atom. The number of phenolic OH excluding ortho intramolecular Hbond substituents is 1. The van der Waals surface area contributed by atoms with Gasteiger partial charge in [-0.2, -0.15) is 0 Å². The summed E-state index contributed by atoms with van der Waals surface area (Å²) in [4.78, 5) is 13.6. The minimum atomic E-state index is -0.507. The quantitative estimate of drug-likeness (QED) is 0.611. The molecule has 0 aliphatic carbocycles. The number of rotatable bonds is 2. The maximum Gasteiger partial charge on any atom is 0.301 e. The molecule has 1 aliphatic rings. The number of carbonyl (C=O) groups is 1. The van der Waals surface area contributed by atoms with Gasteiger partial charge < -0.3 is 9.84 Å². The van der Waals surface area contributed by atoms with Gasteiger partial charge in [0.2, 0.25) is 0 Å². The fourth-order valence-corrected chi connectivity index (χ4v) is 2.88. The third-order valence-electron chi connectivity index (χ3n) is 3.22. The van der Waals surface area contributed by atoms with Crippen molar-refractivity contribution in [3.05, 3.63) is 63.6 Å². The van der Waals surface area contributed by atoms with Gasteiger partial charge >= 0.3 is 5.91 Å². The number of hydrogen-bond donors (Lipinski definition) is 1. The first kappa shape index (κ1) is 16.7. The number of thiocarbonyl (C=S) groups is 1. The Morgan fingerprint density at radius 2 is 1.75 bits per heavy atom. The molecular formula is C16H8Cl2FNO3S. The summed E-state index contributed by atoms with van der Waals surface area (Å²) in [6.07, 6.45) is 1.40. The lowest BCUT2D eigenvalue weighted by Gasteiger charge is -2.11. The first-order chi connectivity index (χ1) is 11.4. The van der Waals surface area contributed by atoms with E-state index < -0.39 is 11.7 Å². The lowest BCUT2D eigenvalue weighted by atomic mass is 10.2. The molecule has 4 nitrogen and oxygen atoms in total. The fraction of sp³-hybridized carbons (Fsp3) is 0. The third kappa shape index (κ3) is 3.08. The highest BCUT2D eigenvalue weighted by Crippen LogP contribution is 2.34. The Hall–Kier alpha value is -2.15. The summed E-state index contributed by atoms with van der Waals surface area (Å²) in [6, 6.07) is 8.12. The molecule has 8 heteroatoms. The van der Waals surface area contributed by atoms with Crippen molar-refractivity contribution in [3.63, 3.8) is 0 Å². The molecule has 1 heterocycles. The smallest absolute Gasteiger partial charge is 0.301 e. The zero-order valence-electron chi connectivity index (χ0n) is 11.8. The summed E-state index contributed by atoms with van der Waals surface area (Å²) in [6.45, 7) is 0. The highest BCUT2D eigenvalue weighted by Gasteiger charge is 2.34. The first-order valence-corrected chi connectivity index (χ1v) is 7.75. The van der Waals surface area contributed by atoms with Crippen molar-refractivity contribution in [3.8, 4) is 5.75 Å². The maximum absolute atomic E-state index is 13.0. The van der Waals surface area contributed by atoms with E-state index in [4.69, 9.17) is 40.2 Å². The van der Waals surface area contributed by atoms with Crippen molar-refractivity contribution in [1.82, 2.24) is 0 Å². The topological polar surface area (TPSA) is 49.8 Å². The Kier molecular flexibility index (Phi) is 4.45. The van der Waals surface area contributed by atoms with Crippen LogP contribution < -0.4 is 4.90 Å². The van der Waals surface area contributed by atoms with Gasteiger partial charge in [-0.3, -0.25) is 4.79 Å². The predicted molar refractivity (Wildman–Crippen MR) is 93.7 cm³/mol. The van der Waals surface area contributed by atoms with Crippen LogP contribution in [-0.4, -0.2) is 16.2 Å². The van der Waals surface area contributed by atoms with E-state index in [9.17, 15) is 14.3 Å². The molecule has 1 N–H and O–H groups in total. The summed E-state index contributed by atoms with van der Waals surface area (Å²) < 4.78 is 18.3. The standard InChI is InChI=1S/C16H8Cl2FNO3S/c17-11-5-8(6-12(18)14(11)21)7-13-15(22)20(16(24)23-13)10-3-1-9(19)2-4-10/h1-7,21H. The molecule has 122 valence electrons. The van der Waals surface area contributed by atoms with Gasteiger partial charge in [0.05, 0.1) is 15.7 Å². The SMILES string of the molecule is O=C1C(=Cc2cc(Cl)c(O)c(Cl)c2)OC(=S)N1c1ccc(F)cc1. The van der Waals surface area contributed by atoms with Crippen LogP contribution >= 0.6 is 35.4 Å². The van der Waals surface area contributed by atoms with Crippen LogP contribution in [0, 0.1) is 5.82 Å². The van der Waals surface area contributed by atoms with Crippen LogP contribution in [-0.2, 0) is 9.53 Å². The van der Waals surface area contributed by atoms with E-state index >= 15 is 0 Å². The molecule has 3 rings (SSSR count). The van der Waals surface area contributed by atoms with Gasteiger partial charge in [0.15, 0.2) is 11.5 Å². The molecule has 0 atom stereocenters. The van der Waals surface area contributed by atoms with E-state index in [2.05, 4.69) is 0 Å². The number of amides is 1. The zero-order valence-corrected chi connectivity index (χ0v) is 14.1. The summed E-state index contributed by atoms with van der Waals surface area (Å²) in [5.41, 5.74) is 0.839. The van der Waals surface area contributed by atoms with Gasteiger partial charge in [-0.25, -0.2) is 9.29 Å². The molecule has 0 unspecified atom stereocenters. The second-order valence-corrected chi connectivity index (χ2v) is 5.99. The van der Waals surface area contributed by atoms with Gasteiger partial charge in [0.1, 0.15) is 5.82 Å². The molecule has 1 aliphatic heterocycles. The number of aromatic hydroxyl groups is 1. The van der Waals surface area contributed by atoms with Crippen molar-refractivity contribution in [2.24, 2.45) is 0 Å². The highest BCUT2D eigenvalue weighted by molar-refractivity contribution is 7.80. The van der Waals surface area contributed by atoms with Gasteiger partial charge in [0, 0.05) is 0 Å². The van der Waals surface area contributed by atoms with Crippen molar-refractivity contribution in [2.75, 3.05) is 4.90 Å². The molecular weight excluding hydrogens is 376 g/mol. The van der Waals surface area contributed by atoms with Crippen LogP contribution in [0.2, 0.25) is 10.0 Å². The molecule has 2 aromatic rings. The number of ether oxygens (including phenoxy) is 1. The molecule has 0 aromatic heterocycles. The minimum Gasteiger partial charge on any atom is -0.505 e. The summed E-state index contributed by atoms with van der Waals surface area (Å²) in [7, 11) is 0. The lowest BCUT2D eigenvalue weighted by Crippen LogP contribution is -2.27. The van der Waals surface area contributed by atoms with Gasteiger partial charge in [-0.1, -0.05) is 23.2 Å². The van der Waals surface area contributed by atoms with Gasteiger partial charge in [-0.05, 0) is 60.3 Å². The normalized spacial score (nSPS) is 16.0. The van der Waals surface area contributed by atoms with E-state index in [1.165, 1.54) is 42.5 Å². The Labute approximate surface area is 151 Å². The van der Waals surface area contributed by atoms with Gasteiger partial charge in [0.25, 0.3) is 5.17 Å². The number of benzene rings is 2. The van der Waals surface area contributed by atoms with Crippen LogP contribution in [0.1, 0.15) is 5.56 Å². The molecule has 0 bridgehead atoms. The Bertz CT molecular complexity index is 860. The van der Waals surface area contributed by atoms with Crippen LogP contribution in [0.5, 0.6) is 5.75 Å². The maximum atomic E-state index is 13.0. The predicted octanol–water partition coefficient (Wildman–Crippen LogP) is 4.53. The zero-order chi connectivity index (χ0) is 17.4. The minimum absolute atomic E-state index is 0.0396. The van der Waals surface area contributed by atoms with Crippen LogP contribution in [0.3, 0.4) is 0 Å². The second-order valence-electron chi connectivity index (χ2n) is 4.83. The average Bonchev–Trinajstić information content (AvgIpc) is 2.80. The number of anilines is 1. The van der Waals surface area contributed by atoms with Crippen LogP contribution in [0.4, 0.5) is 10.1 Å². The van der Waals surface area contributed by atoms with E-state index in [-0.39, 0.29) is 26.7 Å². The van der Waals surface area contributed by atoms with E-state index in [0.29, 0.717) is 11.3 Å². The first-order valence-electron chi connectivity index (χ1n) is 6.58. The molecule has 2 aromatic carbocycles. The molecule has 0 radical (unpaired) electrons. The molecule has 24 heavy (non-hydrogen) atoms. The van der Waals surface area contributed by atoms with Crippen molar-refractivity contribution in [1.29, 1.82) is 0 Å². The third-order valence-corrected chi connectivity index (χ3v) is 4.06. The van der Waals surface area contributed by atoms with Crippen molar-refractivity contribution in [2.45, 2.75) is 0 Å². The summed E-state index contributed by atoms with van der Waals surface area (Å²) >= 11 is 16.7. The largest absolute Gasteiger partial charge is 0.505 e. The van der Waals surface area contributed by atoms with Crippen molar-refractivity contribution < 1.29 is 19.0 Å². The van der Waals surface area contributed by atoms with E-state index in [1.54, 1.807) is 0 Å². The second kappa shape index (κ2) is 6.39. The number of phenols is 1. The number of halogens is 3. The number of carbonyl (C=O) groups excluding carboxylic acids is 1. The summed E-state index contributed by atoms with van der Waals surface area (Å²) in [5, 5.41) is 9.56. The average molecular weight is 384 g/mol. The monoisotopic (exact) mass is 383 g/mol. The summed E-state index contributed by atoms with van der Waals surface area (Å²) in [5.74, 6) is -1.22. The van der Waals surface area contributed by atoms with Crippen LogP contribution in [0.15, 0.2) is 42.2 Å². The molecule has 1 saturated heterocycles. The van der Waals surface area contributed by atoms with Gasteiger partial charge in [-0.15, -0.1) is 0 Å². The highest BCUT2D eigenvalue weighted by atomic mass is 35.5. The van der Waals surface area contributed by atoms with E-state index in [0.717, 1.165) is 4.90 Å². The lowest BCUT2D eigenvalue weighted by molar-refractivity contribution is -0.114. The number of hydrogen-bond acceptors (Lipinski definition) is 4. The molecule has 1 fully saturated rings. The fourth-order valence-electron chi connectivity index (χ4n) is 2.10. The molecule has 0 saturated carbocycles. The Morgan fingerprint density at radius 1 is 1.17 bits per heavy atom. The van der Waals surface area contributed by atoms with Crippen LogP contribution in [0.25, 0.3) is 6.08 Å². The molecule has 1 amide bonds. The number of nitrogens with zero attached hydrogens (tertiary/aromatic N) is 1. The van der Waals surface area contributed by atoms with Crippen molar-refractivity contribution >= 4 is 58.3 Å². The molecule has 0 spiro atoms. The Balaban J connectivity index is 1.95. The van der Waals surface area contributed by atoms with E-state index in [1.807, 2.05) is 0 Å².